The van der Waals surface area contributed by atoms with Gasteiger partial charge in [-0.05, 0) is 70.6 Å². The summed E-state index contributed by atoms with van der Waals surface area (Å²) >= 11 is 0. The van der Waals surface area contributed by atoms with E-state index in [1.54, 1.807) is 0 Å². The van der Waals surface area contributed by atoms with Crippen molar-refractivity contribution in [2.45, 2.75) is 64.3 Å². The molecule has 0 spiro atoms. The Morgan fingerprint density at radius 1 is 1.06 bits per heavy atom. The lowest BCUT2D eigenvalue weighted by Crippen LogP contribution is -2.37. The maximum Gasteiger partial charge on any atom is 0.00792 e. The molecule has 2 fully saturated rings. The Hall–Kier alpha value is -0.0800. The molecule has 2 rings (SSSR count). The molecule has 2 atom stereocenters. The molecule has 0 saturated carbocycles. The number of hydrogen-bond donors (Lipinski definition) is 1. The van der Waals surface area contributed by atoms with Gasteiger partial charge >= 0.3 is 0 Å². The number of piperidine rings is 1. The fourth-order valence-electron chi connectivity index (χ4n) is 3.37. The largest absolute Gasteiger partial charge is 0.314 e. The molecule has 0 radical (unpaired) electrons. The first-order valence-electron chi connectivity index (χ1n) is 7.84. The zero-order chi connectivity index (χ0) is 11.9. The van der Waals surface area contributed by atoms with Crippen LogP contribution >= 0.6 is 0 Å². The van der Waals surface area contributed by atoms with Gasteiger partial charge in [0.05, 0.1) is 0 Å². The second-order valence-electron chi connectivity index (χ2n) is 5.98. The summed E-state index contributed by atoms with van der Waals surface area (Å²) in [5, 5.41) is 3.67. The predicted octanol–water partition coefficient (Wildman–Crippen LogP) is 3.03. The van der Waals surface area contributed by atoms with Gasteiger partial charge in [0.1, 0.15) is 0 Å². The van der Waals surface area contributed by atoms with E-state index in [-0.39, 0.29) is 0 Å². The highest BCUT2D eigenvalue weighted by molar-refractivity contribution is 4.75. The highest BCUT2D eigenvalue weighted by atomic mass is 15.1. The lowest BCUT2D eigenvalue weighted by molar-refractivity contribution is 0.251. The zero-order valence-corrected chi connectivity index (χ0v) is 11.6. The maximum atomic E-state index is 3.67. The van der Waals surface area contributed by atoms with Gasteiger partial charge in [-0.25, -0.2) is 0 Å². The van der Waals surface area contributed by atoms with Crippen LogP contribution in [0.4, 0.5) is 0 Å². The molecule has 0 amide bonds. The van der Waals surface area contributed by atoms with Gasteiger partial charge in [-0.3, -0.25) is 0 Å². The van der Waals surface area contributed by atoms with Crippen LogP contribution in [-0.4, -0.2) is 37.1 Å². The fourth-order valence-corrected chi connectivity index (χ4v) is 3.37. The Bertz CT molecular complexity index is 199. The van der Waals surface area contributed by atoms with E-state index in [9.17, 15) is 0 Å². The van der Waals surface area contributed by atoms with Crippen molar-refractivity contribution in [2.75, 3.05) is 26.2 Å². The smallest absolute Gasteiger partial charge is 0.00792 e. The molecule has 2 heteroatoms. The van der Waals surface area contributed by atoms with Crippen molar-refractivity contribution in [3.63, 3.8) is 0 Å². The highest BCUT2D eigenvalue weighted by Crippen LogP contribution is 2.20. The molecule has 2 saturated heterocycles. The third-order valence-electron chi connectivity index (χ3n) is 4.72. The summed E-state index contributed by atoms with van der Waals surface area (Å²) in [6.07, 6.45) is 11.3. The molecular formula is C15H30N2. The summed E-state index contributed by atoms with van der Waals surface area (Å²) < 4.78 is 0. The Morgan fingerprint density at radius 3 is 2.76 bits per heavy atom. The third-order valence-corrected chi connectivity index (χ3v) is 4.72. The van der Waals surface area contributed by atoms with Crippen LogP contribution in [0.2, 0.25) is 0 Å². The molecule has 17 heavy (non-hydrogen) atoms. The first-order chi connectivity index (χ1) is 8.38. The Kier molecular flexibility index (Phi) is 5.79. The lowest BCUT2D eigenvalue weighted by atomic mass is 9.98. The maximum absolute atomic E-state index is 3.67. The molecule has 100 valence electrons. The molecular weight excluding hydrogens is 208 g/mol. The van der Waals surface area contributed by atoms with Gasteiger partial charge in [0.2, 0.25) is 0 Å². The van der Waals surface area contributed by atoms with E-state index in [0.717, 1.165) is 12.0 Å². The molecule has 0 aliphatic carbocycles. The van der Waals surface area contributed by atoms with Crippen molar-refractivity contribution in [2.24, 2.45) is 5.92 Å². The Balaban J connectivity index is 1.64. The summed E-state index contributed by atoms with van der Waals surface area (Å²) in [5.41, 5.74) is 0. The van der Waals surface area contributed by atoms with E-state index in [1.807, 2.05) is 0 Å². The molecule has 2 aliphatic rings. The standard InChI is InChI=1S/C15H30N2/c1-2-14-6-5-11-17(12-8-14)13-9-15-7-3-4-10-16-15/h14-16H,2-13H2,1H3. The fraction of sp³-hybridized carbons (Fsp3) is 1.00. The minimum Gasteiger partial charge on any atom is -0.314 e. The van der Waals surface area contributed by atoms with Crippen LogP contribution < -0.4 is 5.32 Å². The van der Waals surface area contributed by atoms with Crippen LogP contribution in [-0.2, 0) is 0 Å². The first kappa shape index (κ1) is 13.4. The molecule has 2 unspecified atom stereocenters. The summed E-state index contributed by atoms with van der Waals surface area (Å²) in [7, 11) is 0. The van der Waals surface area contributed by atoms with Crippen LogP contribution in [0, 0.1) is 5.92 Å². The van der Waals surface area contributed by atoms with Crippen LogP contribution in [0.15, 0.2) is 0 Å². The molecule has 2 nitrogen and oxygen atoms in total. The molecule has 0 aromatic carbocycles. The average Bonchev–Trinajstić information content (AvgIpc) is 2.62. The van der Waals surface area contributed by atoms with Gasteiger partial charge in [0.15, 0.2) is 0 Å². The van der Waals surface area contributed by atoms with Gasteiger partial charge in [-0.2, -0.15) is 0 Å². The second kappa shape index (κ2) is 7.38. The van der Waals surface area contributed by atoms with Crippen molar-refractivity contribution in [1.29, 1.82) is 0 Å². The van der Waals surface area contributed by atoms with Crippen molar-refractivity contribution < 1.29 is 0 Å². The van der Waals surface area contributed by atoms with Crippen molar-refractivity contribution in [3.05, 3.63) is 0 Å². The molecule has 1 N–H and O–H groups in total. The summed E-state index contributed by atoms with van der Waals surface area (Å²) in [5.74, 6) is 1.01. The number of nitrogens with one attached hydrogen (secondary N) is 1. The Morgan fingerprint density at radius 2 is 2.00 bits per heavy atom. The van der Waals surface area contributed by atoms with E-state index in [1.165, 1.54) is 77.5 Å². The van der Waals surface area contributed by atoms with E-state index >= 15 is 0 Å². The molecule has 2 heterocycles. The van der Waals surface area contributed by atoms with Crippen LogP contribution in [0.3, 0.4) is 0 Å². The van der Waals surface area contributed by atoms with Crippen LogP contribution in [0.5, 0.6) is 0 Å². The molecule has 2 aliphatic heterocycles. The van der Waals surface area contributed by atoms with Crippen LogP contribution in [0.1, 0.15) is 58.3 Å². The lowest BCUT2D eigenvalue weighted by Gasteiger charge is -2.27. The van der Waals surface area contributed by atoms with E-state index < -0.39 is 0 Å². The van der Waals surface area contributed by atoms with Crippen LogP contribution in [0.25, 0.3) is 0 Å². The Labute approximate surface area is 107 Å². The van der Waals surface area contributed by atoms with Gasteiger partial charge in [0, 0.05) is 6.04 Å². The van der Waals surface area contributed by atoms with Gasteiger partial charge in [-0.1, -0.05) is 19.8 Å². The van der Waals surface area contributed by atoms with Gasteiger partial charge < -0.3 is 10.2 Å². The minimum atomic E-state index is 0.814. The molecule has 0 aromatic rings. The SMILES string of the molecule is CCC1CCCN(CCC2CCCCN2)CC1. The second-order valence-corrected chi connectivity index (χ2v) is 5.98. The number of rotatable bonds is 4. The number of likely N-dealkylation sites (tertiary alicyclic amines) is 1. The van der Waals surface area contributed by atoms with Crippen molar-refractivity contribution >= 4 is 0 Å². The zero-order valence-electron chi connectivity index (χ0n) is 11.6. The molecule has 0 aromatic heterocycles. The summed E-state index contributed by atoms with van der Waals surface area (Å²) in [4.78, 5) is 2.71. The van der Waals surface area contributed by atoms with E-state index in [0.29, 0.717) is 0 Å². The topological polar surface area (TPSA) is 15.3 Å². The summed E-state index contributed by atoms with van der Waals surface area (Å²) in [6.45, 7) is 7.64. The number of nitrogens with zero attached hydrogens (tertiary/aromatic N) is 1. The summed E-state index contributed by atoms with van der Waals surface area (Å²) in [6, 6.07) is 0.814. The van der Waals surface area contributed by atoms with E-state index in [2.05, 4.69) is 17.1 Å². The first-order valence-corrected chi connectivity index (χ1v) is 7.84. The van der Waals surface area contributed by atoms with Gasteiger partial charge in [0.25, 0.3) is 0 Å². The highest BCUT2D eigenvalue weighted by Gasteiger charge is 2.17. The van der Waals surface area contributed by atoms with Crippen molar-refractivity contribution in [1.82, 2.24) is 10.2 Å². The normalized spacial score (nSPS) is 32.3. The monoisotopic (exact) mass is 238 g/mol. The quantitative estimate of drug-likeness (QED) is 0.810. The molecule has 0 bridgehead atoms. The predicted molar refractivity (Wildman–Crippen MR) is 74.3 cm³/mol. The minimum absolute atomic E-state index is 0.814. The third kappa shape index (κ3) is 4.59. The van der Waals surface area contributed by atoms with Gasteiger partial charge in [-0.15, -0.1) is 0 Å². The van der Waals surface area contributed by atoms with E-state index in [4.69, 9.17) is 0 Å². The number of hydrogen-bond acceptors (Lipinski definition) is 2. The average molecular weight is 238 g/mol. The van der Waals surface area contributed by atoms with Crippen molar-refractivity contribution in [3.8, 4) is 0 Å².